The summed E-state index contributed by atoms with van der Waals surface area (Å²) in [7, 11) is 3.18. The summed E-state index contributed by atoms with van der Waals surface area (Å²) in [4.78, 5) is 25.0. The van der Waals surface area contributed by atoms with Crippen LogP contribution in [0.5, 0.6) is 0 Å². The van der Waals surface area contributed by atoms with E-state index >= 15 is 0 Å². The maximum absolute atomic E-state index is 10.9. The number of aldehydes is 1. The monoisotopic (exact) mass is 312 g/mol. The second kappa shape index (κ2) is 9.89. The molecule has 0 saturated carbocycles. The quantitative estimate of drug-likeness (QED) is 0.495. The minimum atomic E-state index is -0.397. The highest BCUT2D eigenvalue weighted by atomic mass is 16.5. The first-order valence-electron chi connectivity index (χ1n) is 6.98. The van der Waals surface area contributed by atoms with Crippen LogP contribution >= 0.6 is 0 Å². The van der Waals surface area contributed by atoms with Gasteiger partial charge in [-0.25, -0.2) is 4.79 Å². The van der Waals surface area contributed by atoms with Gasteiger partial charge in [0.1, 0.15) is 6.29 Å². The van der Waals surface area contributed by atoms with Crippen molar-refractivity contribution in [3.8, 4) is 0 Å². The molecule has 0 aromatic carbocycles. The van der Waals surface area contributed by atoms with Crippen molar-refractivity contribution in [2.24, 2.45) is 7.05 Å². The van der Waals surface area contributed by atoms with Crippen LogP contribution in [0.1, 0.15) is 17.0 Å². The SMILES string of the molecule is COC(=O)/C=C/c1ccc(/C=C/C=O)n1C.Cc1cccnc1. The van der Waals surface area contributed by atoms with E-state index in [-0.39, 0.29) is 0 Å². The van der Waals surface area contributed by atoms with Crippen molar-refractivity contribution in [2.45, 2.75) is 6.92 Å². The van der Waals surface area contributed by atoms with Gasteiger partial charge < -0.3 is 9.30 Å². The van der Waals surface area contributed by atoms with Crippen LogP contribution in [0.2, 0.25) is 0 Å². The molecule has 0 aliphatic rings. The number of esters is 1. The van der Waals surface area contributed by atoms with Crippen molar-refractivity contribution in [3.63, 3.8) is 0 Å². The molecule has 0 fully saturated rings. The molecule has 0 atom stereocenters. The average molecular weight is 312 g/mol. The molecule has 2 rings (SSSR count). The summed E-state index contributed by atoms with van der Waals surface area (Å²) in [5, 5.41) is 0. The Kier molecular flexibility index (Phi) is 7.78. The number of methoxy groups -OCH3 is 1. The number of pyridine rings is 1. The lowest BCUT2D eigenvalue weighted by molar-refractivity contribution is -0.134. The van der Waals surface area contributed by atoms with E-state index in [9.17, 15) is 9.59 Å². The number of nitrogens with zero attached hydrogens (tertiary/aromatic N) is 2. The van der Waals surface area contributed by atoms with E-state index in [1.54, 1.807) is 18.3 Å². The third-order valence-corrected chi connectivity index (χ3v) is 2.95. The molecule has 0 unspecified atom stereocenters. The number of aromatic nitrogens is 2. The summed E-state index contributed by atoms with van der Waals surface area (Å²) in [6, 6.07) is 7.66. The summed E-state index contributed by atoms with van der Waals surface area (Å²) < 4.78 is 6.35. The van der Waals surface area contributed by atoms with Gasteiger partial charge in [-0.3, -0.25) is 9.78 Å². The molecule has 0 N–H and O–H groups in total. The van der Waals surface area contributed by atoms with E-state index in [2.05, 4.69) is 9.72 Å². The van der Waals surface area contributed by atoms with Gasteiger partial charge in [-0.05, 0) is 48.9 Å². The zero-order chi connectivity index (χ0) is 17.1. The van der Waals surface area contributed by atoms with Crippen molar-refractivity contribution in [2.75, 3.05) is 7.11 Å². The zero-order valence-corrected chi connectivity index (χ0v) is 13.5. The zero-order valence-electron chi connectivity index (χ0n) is 13.5. The lowest BCUT2D eigenvalue weighted by atomic mass is 10.3. The van der Waals surface area contributed by atoms with Crippen LogP contribution in [0, 0.1) is 6.92 Å². The standard InChI is InChI=1S/C12H13NO3.C6H7N/c1-13-10(4-3-9-14)5-6-11(13)7-8-12(15)16-2;1-6-3-2-4-7-5-6/h3-9H,1-2H3;2-5H,1H3/b4-3+,8-7+;. The van der Waals surface area contributed by atoms with E-state index in [1.807, 2.05) is 49.0 Å². The largest absolute Gasteiger partial charge is 0.466 e. The molecular weight excluding hydrogens is 292 g/mol. The van der Waals surface area contributed by atoms with E-state index < -0.39 is 5.97 Å². The van der Waals surface area contributed by atoms with Crippen molar-refractivity contribution in [1.82, 2.24) is 9.55 Å². The third kappa shape index (κ3) is 6.56. The summed E-state index contributed by atoms with van der Waals surface area (Å²) in [6.45, 7) is 2.02. The number of ether oxygens (including phenoxy) is 1. The fourth-order valence-corrected chi connectivity index (χ4v) is 1.69. The van der Waals surface area contributed by atoms with Gasteiger partial charge >= 0.3 is 5.97 Å². The van der Waals surface area contributed by atoms with E-state index in [0.717, 1.165) is 17.7 Å². The first-order valence-corrected chi connectivity index (χ1v) is 6.98. The smallest absolute Gasteiger partial charge is 0.330 e. The Morgan fingerprint density at radius 1 is 1.22 bits per heavy atom. The highest BCUT2D eigenvalue weighted by molar-refractivity contribution is 5.86. The Bertz CT molecular complexity index is 686. The molecule has 23 heavy (non-hydrogen) atoms. The molecule has 5 nitrogen and oxygen atoms in total. The van der Waals surface area contributed by atoms with Crippen LogP contribution in [0.15, 0.2) is 48.8 Å². The number of hydrogen-bond donors (Lipinski definition) is 0. The molecule has 120 valence electrons. The first kappa shape index (κ1) is 18.1. The summed E-state index contributed by atoms with van der Waals surface area (Å²) >= 11 is 0. The normalized spacial score (nSPS) is 10.4. The molecule has 2 aromatic rings. The molecule has 0 saturated heterocycles. The van der Waals surface area contributed by atoms with Gasteiger partial charge in [-0.2, -0.15) is 0 Å². The third-order valence-electron chi connectivity index (χ3n) is 2.95. The van der Waals surface area contributed by atoms with Crippen LogP contribution in [0.3, 0.4) is 0 Å². The van der Waals surface area contributed by atoms with Crippen LogP contribution in [-0.4, -0.2) is 28.9 Å². The lowest BCUT2D eigenvalue weighted by Gasteiger charge is -2.00. The van der Waals surface area contributed by atoms with E-state index in [0.29, 0.717) is 0 Å². The molecule has 2 aromatic heterocycles. The summed E-state index contributed by atoms with van der Waals surface area (Å²) in [6.07, 6.45) is 10.4. The van der Waals surface area contributed by atoms with Crippen molar-refractivity contribution >= 4 is 24.4 Å². The Morgan fingerprint density at radius 2 is 1.91 bits per heavy atom. The van der Waals surface area contributed by atoms with Gasteiger partial charge in [0.05, 0.1) is 7.11 Å². The van der Waals surface area contributed by atoms with Crippen LogP contribution in [0.4, 0.5) is 0 Å². The number of allylic oxidation sites excluding steroid dienone is 1. The highest BCUT2D eigenvalue weighted by Gasteiger charge is 1.99. The van der Waals surface area contributed by atoms with Gasteiger partial charge in [0.2, 0.25) is 0 Å². The molecule has 0 amide bonds. The molecular formula is C18H20N2O3. The number of aryl methyl sites for hydroxylation is 1. The molecule has 0 spiro atoms. The molecule has 5 heteroatoms. The lowest BCUT2D eigenvalue weighted by Crippen LogP contribution is -1.96. The van der Waals surface area contributed by atoms with Crippen LogP contribution < -0.4 is 0 Å². The number of rotatable bonds is 4. The van der Waals surface area contributed by atoms with E-state index in [1.165, 1.54) is 24.8 Å². The van der Waals surface area contributed by atoms with Crippen molar-refractivity contribution in [3.05, 3.63) is 65.8 Å². The van der Waals surface area contributed by atoms with Crippen molar-refractivity contribution < 1.29 is 14.3 Å². The Hall–Kier alpha value is -2.95. The number of carbonyl (C=O) groups excluding carboxylic acids is 2. The van der Waals surface area contributed by atoms with Gasteiger partial charge in [0, 0.05) is 36.9 Å². The number of hydrogen-bond acceptors (Lipinski definition) is 4. The topological polar surface area (TPSA) is 61.2 Å². The second-order valence-electron chi connectivity index (χ2n) is 4.62. The Balaban J connectivity index is 0.000000313. The van der Waals surface area contributed by atoms with Gasteiger partial charge in [0.15, 0.2) is 0 Å². The van der Waals surface area contributed by atoms with Gasteiger partial charge in [-0.1, -0.05) is 6.07 Å². The Morgan fingerprint density at radius 3 is 2.39 bits per heavy atom. The minimum Gasteiger partial charge on any atom is -0.466 e. The highest BCUT2D eigenvalue weighted by Crippen LogP contribution is 2.10. The van der Waals surface area contributed by atoms with Gasteiger partial charge in [-0.15, -0.1) is 0 Å². The molecule has 0 aliphatic heterocycles. The average Bonchev–Trinajstić information content (AvgIpc) is 2.92. The second-order valence-corrected chi connectivity index (χ2v) is 4.62. The van der Waals surface area contributed by atoms with E-state index in [4.69, 9.17) is 0 Å². The predicted molar refractivity (Wildman–Crippen MR) is 90.5 cm³/mol. The summed E-state index contributed by atoms with van der Waals surface area (Å²) in [5.74, 6) is -0.397. The maximum atomic E-state index is 10.9. The number of carbonyl (C=O) groups is 2. The summed E-state index contributed by atoms with van der Waals surface area (Å²) in [5.41, 5.74) is 2.95. The molecule has 0 radical (unpaired) electrons. The predicted octanol–water partition coefficient (Wildman–Crippen LogP) is 2.81. The molecule has 0 bridgehead atoms. The fourth-order valence-electron chi connectivity index (χ4n) is 1.69. The molecule has 0 aliphatic carbocycles. The fraction of sp³-hybridized carbons (Fsp3) is 0.167. The van der Waals surface area contributed by atoms with Crippen molar-refractivity contribution in [1.29, 1.82) is 0 Å². The minimum absolute atomic E-state index is 0.397. The Labute approximate surface area is 135 Å². The van der Waals surface area contributed by atoms with Gasteiger partial charge in [0.25, 0.3) is 0 Å². The van der Waals surface area contributed by atoms with Crippen LogP contribution in [0.25, 0.3) is 12.2 Å². The molecule has 2 heterocycles. The first-order chi connectivity index (χ1) is 11.1. The maximum Gasteiger partial charge on any atom is 0.330 e. The van der Waals surface area contributed by atoms with Crippen LogP contribution in [-0.2, 0) is 21.4 Å².